The number of rotatable bonds is 4. The van der Waals surface area contributed by atoms with Crippen LogP contribution >= 0.6 is 12.4 Å². The standard InChI is InChI=1S/C16H13FN6.ClH/c17-13(1-2-18)8-23-10-22-16-14(12-6-20-9-21-7-12)3-11(5-19)4-15(16)23;/h1,3-4,6-7,9-10H,2,8,18H2;1H/b13-1-;. The molecule has 3 aromatic rings. The van der Waals surface area contributed by atoms with Crippen molar-refractivity contribution in [3.05, 3.63) is 54.6 Å². The highest BCUT2D eigenvalue weighted by Gasteiger charge is 2.13. The summed E-state index contributed by atoms with van der Waals surface area (Å²) in [6.45, 7) is 0.155. The number of halogens is 2. The molecule has 0 unspecified atom stereocenters. The topological polar surface area (TPSA) is 93.4 Å². The Morgan fingerprint density at radius 1 is 1.33 bits per heavy atom. The number of nitrogens with zero attached hydrogens (tertiary/aromatic N) is 5. The molecule has 0 fully saturated rings. The van der Waals surface area contributed by atoms with Gasteiger partial charge in [-0.1, -0.05) is 0 Å². The van der Waals surface area contributed by atoms with Crippen molar-refractivity contribution in [2.75, 3.05) is 6.54 Å². The summed E-state index contributed by atoms with van der Waals surface area (Å²) in [6, 6.07) is 5.53. The van der Waals surface area contributed by atoms with Crippen molar-refractivity contribution >= 4 is 23.4 Å². The molecule has 122 valence electrons. The number of allylic oxidation sites excluding steroid dienone is 1. The van der Waals surface area contributed by atoms with Crippen molar-refractivity contribution in [3.63, 3.8) is 0 Å². The van der Waals surface area contributed by atoms with Crippen LogP contribution in [0.5, 0.6) is 0 Å². The number of nitriles is 1. The zero-order chi connectivity index (χ0) is 16.2. The lowest BCUT2D eigenvalue weighted by atomic mass is 10.0. The maximum absolute atomic E-state index is 13.7. The lowest BCUT2D eigenvalue weighted by Gasteiger charge is -2.06. The van der Waals surface area contributed by atoms with Gasteiger partial charge in [0.05, 0.1) is 35.5 Å². The van der Waals surface area contributed by atoms with E-state index in [4.69, 9.17) is 5.73 Å². The van der Waals surface area contributed by atoms with Gasteiger partial charge in [0.1, 0.15) is 12.2 Å². The molecule has 1 aromatic carbocycles. The maximum Gasteiger partial charge on any atom is 0.117 e. The zero-order valence-corrected chi connectivity index (χ0v) is 13.4. The Morgan fingerprint density at radius 3 is 2.75 bits per heavy atom. The first-order chi connectivity index (χ1) is 11.2. The Labute approximate surface area is 143 Å². The van der Waals surface area contributed by atoms with Gasteiger partial charge in [0.25, 0.3) is 0 Å². The Balaban J connectivity index is 0.00000208. The van der Waals surface area contributed by atoms with Gasteiger partial charge < -0.3 is 10.3 Å². The minimum absolute atomic E-state index is 0. The molecular weight excluding hydrogens is 331 g/mol. The van der Waals surface area contributed by atoms with Gasteiger partial charge >= 0.3 is 0 Å². The Morgan fingerprint density at radius 2 is 2.08 bits per heavy atom. The Hall–Kier alpha value is -2.82. The Bertz CT molecular complexity index is 913. The molecule has 3 rings (SSSR count). The van der Waals surface area contributed by atoms with Crippen LogP contribution in [0.2, 0.25) is 0 Å². The van der Waals surface area contributed by atoms with Crippen LogP contribution in [0.25, 0.3) is 22.2 Å². The van der Waals surface area contributed by atoms with E-state index in [9.17, 15) is 9.65 Å². The molecule has 0 atom stereocenters. The van der Waals surface area contributed by atoms with Crippen LogP contribution in [0.3, 0.4) is 0 Å². The molecule has 2 aromatic heterocycles. The van der Waals surface area contributed by atoms with Gasteiger partial charge in [-0.2, -0.15) is 5.26 Å². The molecule has 0 radical (unpaired) electrons. The largest absolute Gasteiger partial charge is 0.327 e. The van der Waals surface area contributed by atoms with Crippen molar-refractivity contribution in [1.29, 1.82) is 5.26 Å². The number of nitrogens with two attached hydrogens (primary N) is 1. The highest BCUT2D eigenvalue weighted by molar-refractivity contribution is 5.93. The van der Waals surface area contributed by atoms with E-state index < -0.39 is 0 Å². The normalized spacial score (nSPS) is 11.1. The highest BCUT2D eigenvalue weighted by atomic mass is 35.5. The van der Waals surface area contributed by atoms with Crippen molar-refractivity contribution in [2.24, 2.45) is 5.73 Å². The molecule has 8 heteroatoms. The molecule has 2 heterocycles. The summed E-state index contributed by atoms with van der Waals surface area (Å²) < 4.78 is 15.4. The molecule has 0 amide bonds. The minimum atomic E-state index is -0.348. The molecule has 0 aliphatic carbocycles. The molecule has 0 aliphatic heterocycles. The minimum Gasteiger partial charge on any atom is -0.327 e. The summed E-state index contributed by atoms with van der Waals surface area (Å²) in [6.07, 6.45) is 7.59. The summed E-state index contributed by atoms with van der Waals surface area (Å²) in [5.74, 6) is -0.348. The number of imidazole rings is 1. The van der Waals surface area contributed by atoms with Crippen molar-refractivity contribution in [3.8, 4) is 17.2 Å². The third kappa shape index (κ3) is 3.40. The average Bonchev–Trinajstić information content (AvgIpc) is 2.98. The number of hydrogen-bond donors (Lipinski definition) is 1. The lowest BCUT2D eigenvalue weighted by Crippen LogP contribution is -2.00. The van der Waals surface area contributed by atoms with E-state index in [0.29, 0.717) is 16.6 Å². The fraction of sp³-hybridized carbons (Fsp3) is 0.125. The fourth-order valence-electron chi connectivity index (χ4n) is 2.37. The summed E-state index contributed by atoms with van der Waals surface area (Å²) >= 11 is 0. The van der Waals surface area contributed by atoms with Crippen molar-refractivity contribution < 1.29 is 4.39 Å². The van der Waals surface area contributed by atoms with Gasteiger partial charge in [0.2, 0.25) is 0 Å². The number of fused-ring (bicyclic) bond motifs is 1. The van der Waals surface area contributed by atoms with Crippen LogP contribution in [0.15, 0.2) is 49.1 Å². The number of aromatic nitrogens is 4. The van der Waals surface area contributed by atoms with E-state index in [1.807, 2.05) is 0 Å². The van der Waals surface area contributed by atoms with Crippen LogP contribution in [-0.2, 0) is 6.54 Å². The third-order valence-corrected chi connectivity index (χ3v) is 3.39. The molecule has 0 spiro atoms. The Kier molecular flexibility index (Phi) is 5.58. The van der Waals surface area contributed by atoms with Crippen molar-refractivity contribution in [1.82, 2.24) is 19.5 Å². The number of benzene rings is 1. The van der Waals surface area contributed by atoms with Crippen LogP contribution in [0.1, 0.15) is 5.56 Å². The van der Waals surface area contributed by atoms with Gasteiger partial charge in [-0.3, -0.25) is 0 Å². The van der Waals surface area contributed by atoms with Crippen LogP contribution in [0, 0.1) is 11.3 Å². The molecule has 0 saturated heterocycles. The summed E-state index contributed by atoms with van der Waals surface area (Å²) in [7, 11) is 0. The molecule has 6 nitrogen and oxygen atoms in total. The summed E-state index contributed by atoms with van der Waals surface area (Å²) in [5, 5.41) is 9.25. The quantitative estimate of drug-likeness (QED) is 0.785. The highest BCUT2D eigenvalue weighted by Crippen LogP contribution is 2.28. The van der Waals surface area contributed by atoms with Gasteiger partial charge in [0.15, 0.2) is 0 Å². The second-order valence-corrected chi connectivity index (χ2v) is 4.89. The van der Waals surface area contributed by atoms with Crippen LogP contribution in [0.4, 0.5) is 4.39 Å². The van der Waals surface area contributed by atoms with Crippen LogP contribution < -0.4 is 5.73 Å². The third-order valence-electron chi connectivity index (χ3n) is 3.39. The predicted molar refractivity (Wildman–Crippen MR) is 91.0 cm³/mol. The molecule has 2 N–H and O–H groups in total. The molecule has 0 aliphatic rings. The van der Waals surface area contributed by atoms with Gasteiger partial charge in [-0.25, -0.2) is 19.3 Å². The molecular formula is C16H14ClFN6. The average molecular weight is 345 g/mol. The zero-order valence-electron chi connectivity index (χ0n) is 12.6. The SMILES string of the molecule is Cl.N#Cc1cc(-c2cncnc2)c2ncn(C/C(F)=C/CN)c2c1. The van der Waals surface area contributed by atoms with E-state index in [1.165, 1.54) is 12.4 Å². The smallest absolute Gasteiger partial charge is 0.117 e. The summed E-state index contributed by atoms with van der Waals surface area (Å²) in [5.41, 5.74) is 8.60. The first-order valence-electron chi connectivity index (χ1n) is 6.92. The maximum atomic E-state index is 13.7. The van der Waals surface area contributed by atoms with E-state index in [-0.39, 0.29) is 31.3 Å². The fourth-order valence-corrected chi connectivity index (χ4v) is 2.37. The van der Waals surface area contributed by atoms with E-state index in [0.717, 1.165) is 11.1 Å². The first kappa shape index (κ1) is 17.5. The second kappa shape index (κ2) is 7.64. The van der Waals surface area contributed by atoms with E-state index in [2.05, 4.69) is 21.0 Å². The number of hydrogen-bond acceptors (Lipinski definition) is 5. The van der Waals surface area contributed by atoms with Gasteiger partial charge in [0, 0.05) is 30.1 Å². The van der Waals surface area contributed by atoms with Crippen LogP contribution in [-0.4, -0.2) is 26.1 Å². The van der Waals surface area contributed by atoms with Gasteiger partial charge in [-0.15, -0.1) is 12.4 Å². The van der Waals surface area contributed by atoms with E-state index in [1.54, 1.807) is 35.4 Å². The molecule has 24 heavy (non-hydrogen) atoms. The first-order valence-corrected chi connectivity index (χ1v) is 6.92. The van der Waals surface area contributed by atoms with E-state index >= 15 is 0 Å². The summed E-state index contributed by atoms with van der Waals surface area (Å²) in [4.78, 5) is 12.3. The second-order valence-electron chi connectivity index (χ2n) is 4.89. The predicted octanol–water partition coefficient (Wildman–Crippen LogP) is 2.60. The molecule has 0 saturated carbocycles. The monoisotopic (exact) mass is 344 g/mol. The van der Waals surface area contributed by atoms with Crippen molar-refractivity contribution in [2.45, 2.75) is 6.54 Å². The lowest BCUT2D eigenvalue weighted by molar-refractivity contribution is 0.558. The van der Waals surface area contributed by atoms with Gasteiger partial charge in [-0.05, 0) is 18.2 Å². The molecule has 0 bridgehead atoms.